The van der Waals surface area contributed by atoms with Crippen LogP contribution >= 0.6 is 0 Å². The van der Waals surface area contributed by atoms with E-state index in [1.807, 2.05) is 42.6 Å². The molecule has 0 aliphatic carbocycles. The summed E-state index contributed by atoms with van der Waals surface area (Å²) in [6.07, 6.45) is 2.84. The zero-order valence-corrected chi connectivity index (χ0v) is 17.7. The lowest BCUT2D eigenvalue weighted by atomic mass is 9.87. The van der Waals surface area contributed by atoms with E-state index < -0.39 is 0 Å². The van der Waals surface area contributed by atoms with Gasteiger partial charge in [-0.3, -0.25) is 20.4 Å². The number of hydrazine groups is 1. The number of ether oxygens (including phenoxy) is 1. The van der Waals surface area contributed by atoms with Crippen molar-refractivity contribution in [3.05, 3.63) is 65.9 Å². The Hall–Kier alpha value is -3.28. The predicted octanol–water partition coefficient (Wildman–Crippen LogP) is 4.01. The van der Waals surface area contributed by atoms with Gasteiger partial charge in [0.15, 0.2) is 0 Å². The van der Waals surface area contributed by atoms with Crippen molar-refractivity contribution in [2.45, 2.75) is 45.4 Å². The van der Waals surface area contributed by atoms with E-state index in [4.69, 9.17) is 4.74 Å². The SMILES string of the molecule is CC(C)(C)c1ccc(OCCCC(=O)NNC(=O)Cc2c[nH]c3ccccc23)cc1. The van der Waals surface area contributed by atoms with Crippen LogP contribution in [0, 0.1) is 0 Å². The van der Waals surface area contributed by atoms with Gasteiger partial charge in [-0.15, -0.1) is 0 Å². The summed E-state index contributed by atoms with van der Waals surface area (Å²) in [5.41, 5.74) is 8.16. The number of rotatable bonds is 7. The fourth-order valence-corrected chi connectivity index (χ4v) is 3.17. The number of para-hydroxylation sites is 1. The van der Waals surface area contributed by atoms with Crippen molar-refractivity contribution in [1.29, 1.82) is 0 Å². The van der Waals surface area contributed by atoms with Crippen LogP contribution < -0.4 is 15.6 Å². The summed E-state index contributed by atoms with van der Waals surface area (Å²) in [5, 5.41) is 1.01. The number of carbonyl (C=O) groups is 2. The first kappa shape index (κ1) is 21.4. The van der Waals surface area contributed by atoms with E-state index in [1.54, 1.807) is 0 Å². The zero-order chi connectivity index (χ0) is 21.6. The lowest BCUT2D eigenvalue weighted by Crippen LogP contribution is -2.42. The van der Waals surface area contributed by atoms with E-state index in [1.165, 1.54) is 5.56 Å². The number of hydrogen-bond acceptors (Lipinski definition) is 3. The number of aromatic nitrogens is 1. The standard InChI is InChI=1S/C24H29N3O3/c1-24(2,3)18-10-12-19(13-11-18)30-14-6-9-22(28)26-27-23(29)15-17-16-25-21-8-5-4-7-20(17)21/h4-5,7-8,10-13,16,25H,6,9,14-15H2,1-3H3,(H,26,28)(H,27,29). The number of carbonyl (C=O) groups excluding carboxylic acids is 2. The second-order valence-corrected chi connectivity index (χ2v) is 8.36. The highest BCUT2D eigenvalue weighted by Crippen LogP contribution is 2.24. The van der Waals surface area contributed by atoms with Crippen molar-refractivity contribution >= 4 is 22.7 Å². The molecule has 1 aromatic heterocycles. The third kappa shape index (κ3) is 5.86. The number of aromatic amines is 1. The lowest BCUT2D eigenvalue weighted by molar-refractivity contribution is -0.128. The maximum atomic E-state index is 12.1. The third-order valence-corrected chi connectivity index (χ3v) is 4.90. The van der Waals surface area contributed by atoms with E-state index in [-0.39, 0.29) is 30.1 Å². The Labute approximate surface area is 177 Å². The van der Waals surface area contributed by atoms with Crippen molar-refractivity contribution in [3.8, 4) is 5.75 Å². The van der Waals surface area contributed by atoms with Gasteiger partial charge in [-0.2, -0.15) is 0 Å². The molecule has 6 heteroatoms. The Kier molecular flexibility index (Phi) is 6.77. The highest BCUT2D eigenvalue weighted by atomic mass is 16.5. The van der Waals surface area contributed by atoms with Gasteiger partial charge >= 0.3 is 0 Å². The molecule has 0 atom stereocenters. The number of H-pyrrole nitrogens is 1. The predicted molar refractivity (Wildman–Crippen MR) is 118 cm³/mol. The average Bonchev–Trinajstić information content (AvgIpc) is 3.12. The molecule has 0 saturated heterocycles. The summed E-state index contributed by atoms with van der Waals surface area (Å²) in [7, 11) is 0. The minimum absolute atomic E-state index is 0.106. The van der Waals surface area contributed by atoms with Gasteiger partial charge in [0.2, 0.25) is 11.8 Å². The van der Waals surface area contributed by atoms with Gasteiger partial charge in [0, 0.05) is 23.5 Å². The van der Waals surface area contributed by atoms with Gasteiger partial charge in [-0.1, -0.05) is 51.1 Å². The molecule has 2 amide bonds. The second-order valence-electron chi connectivity index (χ2n) is 8.36. The Morgan fingerprint density at radius 1 is 0.967 bits per heavy atom. The van der Waals surface area contributed by atoms with Crippen LogP contribution in [0.15, 0.2) is 54.7 Å². The van der Waals surface area contributed by atoms with E-state index in [2.05, 4.69) is 48.7 Å². The number of nitrogens with one attached hydrogen (secondary N) is 3. The lowest BCUT2D eigenvalue weighted by Gasteiger charge is -2.19. The first-order chi connectivity index (χ1) is 14.3. The molecule has 0 bridgehead atoms. The molecule has 0 fully saturated rings. The molecule has 3 aromatic rings. The van der Waals surface area contributed by atoms with Crippen LogP contribution in [-0.4, -0.2) is 23.4 Å². The van der Waals surface area contributed by atoms with Crippen LogP contribution in [0.3, 0.4) is 0 Å². The monoisotopic (exact) mass is 407 g/mol. The molecule has 0 saturated carbocycles. The van der Waals surface area contributed by atoms with Crippen molar-refractivity contribution in [2.24, 2.45) is 0 Å². The van der Waals surface area contributed by atoms with Crippen molar-refractivity contribution < 1.29 is 14.3 Å². The quantitative estimate of drug-likeness (QED) is 0.409. The molecule has 158 valence electrons. The van der Waals surface area contributed by atoms with Crippen LogP contribution in [0.2, 0.25) is 0 Å². The van der Waals surface area contributed by atoms with Crippen LogP contribution in [0.25, 0.3) is 10.9 Å². The number of hydrogen-bond donors (Lipinski definition) is 3. The maximum absolute atomic E-state index is 12.1. The van der Waals surface area contributed by atoms with Crippen molar-refractivity contribution in [1.82, 2.24) is 15.8 Å². The molecule has 1 heterocycles. The summed E-state index contributed by atoms with van der Waals surface area (Å²) in [4.78, 5) is 27.2. The summed E-state index contributed by atoms with van der Waals surface area (Å²) >= 11 is 0. The highest BCUT2D eigenvalue weighted by Gasteiger charge is 2.13. The molecule has 2 aromatic carbocycles. The molecule has 3 rings (SSSR count). The smallest absolute Gasteiger partial charge is 0.242 e. The first-order valence-electron chi connectivity index (χ1n) is 10.2. The summed E-state index contributed by atoms with van der Waals surface area (Å²) in [6.45, 7) is 6.94. The van der Waals surface area contributed by atoms with Gasteiger partial charge in [0.25, 0.3) is 0 Å². The van der Waals surface area contributed by atoms with Crippen molar-refractivity contribution in [3.63, 3.8) is 0 Å². The Bertz CT molecular complexity index is 1000. The van der Waals surface area contributed by atoms with Crippen molar-refractivity contribution in [2.75, 3.05) is 6.61 Å². The normalized spacial score (nSPS) is 11.3. The molecule has 0 spiro atoms. The summed E-state index contributed by atoms with van der Waals surface area (Å²) in [6, 6.07) is 15.8. The molecule has 30 heavy (non-hydrogen) atoms. The van der Waals surface area contributed by atoms with Gasteiger partial charge in [-0.25, -0.2) is 0 Å². The fourth-order valence-electron chi connectivity index (χ4n) is 3.17. The van der Waals surface area contributed by atoms with Crippen LogP contribution in [0.5, 0.6) is 5.75 Å². The Balaban J connectivity index is 1.34. The molecule has 0 aliphatic heterocycles. The van der Waals surface area contributed by atoms with Gasteiger partial charge in [-0.05, 0) is 41.2 Å². The Morgan fingerprint density at radius 2 is 1.67 bits per heavy atom. The van der Waals surface area contributed by atoms with Gasteiger partial charge < -0.3 is 9.72 Å². The van der Waals surface area contributed by atoms with Gasteiger partial charge in [0.05, 0.1) is 13.0 Å². The highest BCUT2D eigenvalue weighted by molar-refractivity contribution is 5.89. The van der Waals surface area contributed by atoms with E-state index in [9.17, 15) is 9.59 Å². The molecular formula is C24H29N3O3. The minimum Gasteiger partial charge on any atom is -0.494 e. The minimum atomic E-state index is -0.261. The Morgan fingerprint density at radius 3 is 2.40 bits per heavy atom. The summed E-state index contributed by atoms with van der Waals surface area (Å²) < 4.78 is 5.69. The first-order valence-corrected chi connectivity index (χ1v) is 10.2. The third-order valence-electron chi connectivity index (χ3n) is 4.90. The largest absolute Gasteiger partial charge is 0.494 e. The fraction of sp³-hybridized carbons (Fsp3) is 0.333. The van der Waals surface area contributed by atoms with E-state index in [0.717, 1.165) is 22.2 Å². The number of benzene rings is 2. The zero-order valence-electron chi connectivity index (χ0n) is 17.7. The molecular weight excluding hydrogens is 378 g/mol. The van der Waals surface area contributed by atoms with E-state index >= 15 is 0 Å². The van der Waals surface area contributed by atoms with Crippen LogP contribution in [0.4, 0.5) is 0 Å². The summed E-state index contributed by atoms with van der Waals surface area (Å²) in [5.74, 6) is 0.285. The topological polar surface area (TPSA) is 83.2 Å². The van der Waals surface area contributed by atoms with Crippen LogP contribution in [0.1, 0.15) is 44.7 Å². The van der Waals surface area contributed by atoms with E-state index in [0.29, 0.717) is 13.0 Å². The number of amides is 2. The van der Waals surface area contributed by atoms with Crippen LogP contribution in [-0.2, 0) is 21.4 Å². The average molecular weight is 408 g/mol. The molecule has 0 unspecified atom stereocenters. The molecule has 3 N–H and O–H groups in total. The van der Waals surface area contributed by atoms with Gasteiger partial charge in [0.1, 0.15) is 5.75 Å². The molecule has 0 aliphatic rings. The number of fused-ring (bicyclic) bond motifs is 1. The maximum Gasteiger partial charge on any atom is 0.242 e. The second kappa shape index (κ2) is 9.48. The molecule has 6 nitrogen and oxygen atoms in total. The molecule has 0 radical (unpaired) electrons.